The lowest BCUT2D eigenvalue weighted by Gasteiger charge is -2.34. The average Bonchev–Trinajstić information content (AvgIpc) is 2.68. The van der Waals surface area contributed by atoms with Crippen LogP contribution in [0.5, 0.6) is 5.75 Å². The number of carbonyl (C=O) groups is 1. The van der Waals surface area contributed by atoms with E-state index in [9.17, 15) is 9.18 Å². The van der Waals surface area contributed by atoms with Gasteiger partial charge in [-0.2, -0.15) is 0 Å². The number of alkyl carbamates (subject to hydrolysis) is 1. The summed E-state index contributed by atoms with van der Waals surface area (Å²) < 4.78 is 25.7. The summed E-state index contributed by atoms with van der Waals surface area (Å²) in [5, 5.41) is 8.96. The molecule has 0 atom stereocenters. The number of ether oxygens (including phenoxy) is 2. The molecular weight excluding hydrogens is 365 g/mol. The summed E-state index contributed by atoms with van der Waals surface area (Å²) in [4.78, 5) is 17.4. The van der Waals surface area contributed by atoms with Gasteiger partial charge in [-0.05, 0) is 18.2 Å². The number of pyridine rings is 1. The fourth-order valence-electron chi connectivity index (χ4n) is 3.04. The van der Waals surface area contributed by atoms with Crippen LogP contribution >= 0.6 is 0 Å². The number of halogens is 1. The fraction of sp³-hybridized carbons (Fsp3) is 0.316. The van der Waals surface area contributed by atoms with Gasteiger partial charge in [-0.15, -0.1) is 0 Å². The number of nitrogens with one attached hydrogen (secondary N) is 2. The van der Waals surface area contributed by atoms with Gasteiger partial charge in [0.15, 0.2) is 11.8 Å². The second-order valence-corrected chi connectivity index (χ2v) is 6.36. The van der Waals surface area contributed by atoms with Crippen molar-refractivity contribution >= 4 is 17.7 Å². The van der Waals surface area contributed by atoms with Crippen molar-refractivity contribution in [1.29, 1.82) is 5.41 Å². The van der Waals surface area contributed by atoms with Gasteiger partial charge < -0.3 is 20.1 Å². The molecule has 1 fully saturated rings. The van der Waals surface area contributed by atoms with Crippen molar-refractivity contribution in [3.8, 4) is 5.75 Å². The summed E-state index contributed by atoms with van der Waals surface area (Å²) in [7, 11) is 0. The lowest BCUT2D eigenvalue weighted by molar-refractivity contribution is 0.143. The molecule has 148 valence electrons. The van der Waals surface area contributed by atoms with Crippen LogP contribution in [0.1, 0.15) is 18.4 Å². The molecule has 0 unspecified atom stereocenters. The smallest absolute Gasteiger partial charge is 0.414 e. The van der Waals surface area contributed by atoms with Crippen LogP contribution < -0.4 is 20.7 Å². The molecular formula is C19H22FN5O3. The maximum Gasteiger partial charge on any atom is 0.414 e. The summed E-state index contributed by atoms with van der Waals surface area (Å²) in [6, 6.07) is 8.67. The van der Waals surface area contributed by atoms with Crippen LogP contribution in [0, 0.1) is 11.2 Å². The standard InChI is InChI=1S/C19H22FN5O3/c20-17-13(12-27-19(26)24-18(21)22)3-1-5-16(17)25-9-6-14(7-10-25)28-15-4-2-8-23-11-15/h1-5,8,11,14H,6-7,9-10,12H2,(H4,21,22,24,26). The van der Waals surface area contributed by atoms with E-state index in [4.69, 9.17) is 20.6 Å². The number of hydrogen-bond donors (Lipinski definition) is 3. The van der Waals surface area contributed by atoms with E-state index in [0.29, 0.717) is 18.8 Å². The van der Waals surface area contributed by atoms with Crippen LogP contribution in [0.3, 0.4) is 0 Å². The molecule has 1 aromatic carbocycles. The normalized spacial score (nSPS) is 14.4. The molecule has 0 aliphatic carbocycles. The first-order valence-electron chi connectivity index (χ1n) is 8.89. The quantitative estimate of drug-likeness (QED) is 0.536. The third kappa shape index (κ3) is 5.09. The van der Waals surface area contributed by atoms with E-state index >= 15 is 0 Å². The number of nitrogens with zero attached hydrogens (tertiary/aromatic N) is 2. The highest BCUT2D eigenvalue weighted by molar-refractivity contribution is 5.90. The third-order valence-electron chi connectivity index (χ3n) is 4.37. The average molecular weight is 387 g/mol. The molecule has 0 bridgehead atoms. The van der Waals surface area contributed by atoms with Crippen LogP contribution in [0.2, 0.25) is 0 Å². The van der Waals surface area contributed by atoms with Crippen molar-refractivity contribution in [2.75, 3.05) is 18.0 Å². The molecule has 2 heterocycles. The predicted octanol–water partition coefficient (Wildman–Crippen LogP) is 2.39. The van der Waals surface area contributed by atoms with E-state index in [1.807, 2.05) is 22.3 Å². The molecule has 9 heteroatoms. The summed E-state index contributed by atoms with van der Waals surface area (Å²) in [6.45, 7) is 1.05. The molecule has 0 spiro atoms. The number of benzene rings is 1. The summed E-state index contributed by atoms with van der Waals surface area (Å²) in [6.07, 6.45) is 4.05. The first-order valence-corrected chi connectivity index (χ1v) is 8.89. The van der Waals surface area contributed by atoms with Crippen molar-refractivity contribution in [2.45, 2.75) is 25.6 Å². The maximum atomic E-state index is 14.9. The molecule has 2 aromatic rings. The van der Waals surface area contributed by atoms with Gasteiger partial charge in [-0.3, -0.25) is 15.7 Å². The monoisotopic (exact) mass is 387 g/mol. The van der Waals surface area contributed by atoms with Gasteiger partial charge in [-0.1, -0.05) is 12.1 Å². The molecule has 8 nitrogen and oxygen atoms in total. The van der Waals surface area contributed by atoms with Crippen LogP contribution in [0.25, 0.3) is 0 Å². The van der Waals surface area contributed by atoms with Crippen molar-refractivity contribution in [1.82, 2.24) is 10.3 Å². The lowest BCUT2D eigenvalue weighted by atomic mass is 10.1. The Morgan fingerprint density at radius 3 is 2.79 bits per heavy atom. The Kier molecular flexibility index (Phi) is 6.25. The highest BCUT2D eigenvalue weighted by atomic mass is 19.1. The van der Waals surface area contributed by atoms with Gasteiger partial charge in [-0.25, -0.2) is 9.18 Å². The highest BCUT2D eigenvalue weighted by Gasteiger charge is 2.23. The predicted molar refractivity (Wildman–Crippen MR) is 102 cm³/mol. The van der Waals surface area contributed by atoms with Crippen LogP contribution in [0.15, 0.2) is 42.7 Å². The molecule has 1 saturated heterocycles. The molecule has 1 aromatic heterocycles. The Morgan fingerprint density at radius 2 is 2.11 bits per heavy atom. The summed E-state index contributed by atoms with van der Waals surface area (Å²) in [5.41, 5.74) is 5.77. The zero-order chi connectivity index (χ0) is 19.9. The Balaban J connectivity index is 1.57. The number of piperidine rings is 1. The van der Waals surface area contributed by atoms with E-state index in [-0.39, 0.29) is 18.3 Å². The van der Waals surface area contributed by atoms with E-state index in [1.165, 1.54) is 0 Å². The van der Waals surface area contributed by atoms with Crippen molar-refractivity contribution in [3.05, 3.63) is 54.1 Å². The Bertz CT molecular complexity index is 826. The number of carbonyl (C=O) groups excluding carboxylic acids is 1. The minimum absolute atomic E-state index is 0.0605. The zero-order valence-corrected chi connectivity index (χ0v) is 15.2. The van der Waals surface area contributed by atoms with Crippen LogP contribution in [-0.2, 0) is 11.3 Å². The van der Waals surface area contributed by atoms with E-state index in [2.05, 4.69) is 4.98 Å². The number of aromatic nitrogens is 1. The Hall–Kier alpha value is -3.36. The third-order valence-corrected chi connectivity index (χ3v) is 4.37. The number of nitrogens with two attached hydrogens (primary N) is 1. The van der Waals surface area contributed by atoms with Gasteiger partial charge in [0.25, 0.3) is 0 Å². The van der Waals surface area contributed by atoms with Gasteiger partial charge >= 0.3 is 6.09 Å². The SMILES string of the molecule is N=C(N)NC(=O)OCc1cccc(N2CCC(Oc3cccnc3)CC2)c1F. The fourth-order valence-corrected chi connectivity index (χ4v) is 3.04. The minimum Gasteiger partial charge on any atom is -0.489 e. The second kappa shape index (κ2) is 9.03. The molecule has 1 aliphatic rings. The molecule has 1 amide bonds. The van der Waals surface area contributed by atoms with Gasteiger partial charge in [0.1, 0.15) is 18.5 Å². The first kappa shape index (κ1) is 19.4. The van der Waals surface area contributed by atoms with Crippen molar-refractivity contribution in [2.24, 2.45) is 5.73 Å². The minimum atomic E-state index is -0.898. The summed E-state index contributed by atoms with van der Waals surface area (Å²) in [5.74, 6) is -0.226. The Morgan fingerprint density at radius 1 is 1.32 bits per heavy atom. The second-order valence-electron chi connectivity index (χ2n) is 6.36. The topological polar surface area (TPSA) is 114 Å². The Labute approximate surface area is 162 Å². The number of rotatable bonds is 5. The molecule has 0 saturated carbocycles. The number of guanidine groups is 1. The number of hydrogen-bond acceptors (Lipinski definition) is 6. The van der Waals surface area contributed by atoms with Crippen molar-refractivity contribution < 1.29 is 18.7 Å². The first-order chi connectivity index (χ1) is 13.5. The molecule has 28 heavy (non-hydrogen) atoms. The van der Waals surface area contributed by atoms with Gasteiger partial charge in [0.2, 0.25) is 0 Å². The van der Waals surface area contributed by atoms with Gasteiger partial charge in [0.05, 0.1) is 11.9 Å². The molecule has 3 rings (SSSR count). The maximum absolute atomic E-state index is 14.9. The number of anilines is 1. The van der Waals surface area contributed by atoms with Crippen LogP contribution in [0.4, 0.5) is 14.9 Å². The summed E-state index contributed by atoms with van der Waals surface area (Å²) >= 11 is 0. The zero-order valence-electron chi connectivity index (χ0n) is 15.2. The highest BCUT2D eigenvalue weighted by Crippen LogP contribution is 2.27. The van der Waals surface area contributed by atoms with E-state index in [0.717, 1.165) is 18.6 Å². The lowest BCUT2D eigenvalue weighted by Crippen LogP contribution is -2.38. The molecule has 0 radical (unpaired) electrons. The largest absolute Gasteiger partial charge is 0.489 e. The molecule has 4 N–H and O–H groups in total. The van der Waals surface area contributed by atoms with E-state index in [1.54, 1.807) is 30.6 Å². The van der Waals surface area contributed by atoms with Crippen molar-refractivity contribution in [3.63, 3.8) is 0 Å². The van der Waals surface area contributed by atoms with Gasteiger partial charge in [0, 0.05) is 37.7 Å². The van der Waals surface area contributed by atoms with Crippen LogP contribution in [-0.4, -0.2) is 36.2 Å². The molecule has 1 aliphatic heterocycles. The van der Waals surface area contributed by atoms with E-state index < -0.39 is 17.9 Å². The number of amides is 1.